The first-order valence-corrected chi connectivity index (χ1v) is 5.82. The minimum Gasteiger partial charge on any atom is -0.481 e. The second-order valence-corrected chi connectivity index (χ2v) is 4.63. The van der Waals surface area contributed by atoms with Gasteiger partial charge in [-0.2, -0.15) is 0 Å². The minimum absolute atomic E-state index is 0.0637. The van der Waals surface area contributed by atoms with E-state index < -0.39 is 5.97 Å². The molecule has 0 aromatic heterocycles. The second-order valence-electron chi connectivity index (χ2n) is 4.63. The largest absolute Gasteiger partial charge is 0.481 e. The first kappa shape index (κ1) is 10.3. The Kier molecular flexibility index (Phi) is 2.18. The fourth-order valence-corrected chi connectivity index (χ4v) is 2.81. The van der Waals surface area contributed by atoms with Crippen molar-refractivity contribution in [3.05, 3.63) is 28.8 Å². The molecule has 2 aliphatic heterocycles. The third-order valence-electron chi connectivity index (χ3n) is 3.47. The summed E-state index contributed by atoms with van der Waals surface area (Å²) in [6.45, 7) is 0.748. The average molecular weight is 231 g/mol. The summed E-state index contributed by atoms with van der Waals surface area (Å²) in [6, 6.07) is 3.88. The molecule has 0 fully saturated rings. The number of carboxylic acid groups (broad SMARTS) is 1. The van der Waals surface area contributed by atoms with Crippen LogP contribution < -0.4 is 4.90 Å². The van der Waals surface area contributed by atoms with Gasteiger partial charge in [-0.25, -0.2) is 0 Å². The van der Waals surface area contributed by atoms with Crippen molar-refractivity contribution in [3.63, 3.8) is 0 Å². The standard InChI is InChI=1S/C13H13NO3/c15-11-2-1-9-5-8(7-12(16)17)6-10-3-4-14(11)13(9)10/h5-6H,1-4,7H2,(H,16,17). The lowest BCUT2D eigenvalue weighted by Crippen LogP contribution is -2.32. The number of carboxylic acids is 1. The quantitative estimate of drug-likeness (QED) is 0.830. The van der Waals surface area contributed by atoms with Crippen molar-refractivity contribution >= 4 is 17.6 Å². The Morgan fingerprint density at radius 2 is 1.94 bits per heavy atom. The van der Waals surface area contributed by atoms with Gasteiger partial charge < -0.3 is 10.0 Å². The molecular weight excluding hydrogens is 218 g/mol. The summed E-state index contributed by atoms with van der Waals surface area (Å²) in [6.07, 6.45) is 2.20. The first-order valence-electron chi connectivity index (χ1n) is 5.82. The molecule has 1 N–H and O–H groups in total. The van der Waals surface area contributed by atoms with E-state index in [-0.39, 0.29) is 12.3 Å². The minimum atomic E-state index is -0.807. The number of anilines is 1. The van der Waals surface area contributed by atoms with Gasteiger partial charge in [0.15, 0.2) is 0 Å². The highest BCUT2D eigenvalue weighted by Crippen LogP contribution is 2.37. The molecular formula is C13H13NO3. The highest BCUT2D eigenvalue weighted by Gasteiger charge is 2.31. The van der Waals surface area contributed by atoms with Gasteiger partial charge in [-0.05, 0) is 29.5 Å². The lowest BCUT2D eigenvalue weighted by Gasteiger charge is -2.25. The van der Waals surface area contributed by atoms with Gasteiger partial charge in [0.25, 0.3) is 0 Å². The predicted molar refractivity (Wildman–Crippen MR) is 62.2 cm³/mol. The van der Waals surface area contributed by atoms with Gasteiger partial charge in [-0.1, -0.05) is 12.1 Å². The number of carbonyl (C=O) groups excluding carboxylic acids is 1. The zero-order valence-corrected chi connectivity index (χ0v) is 9.40. The molecule has 1 aromatic carbocycles. The van der Waals surface area contributed by atoms with Gasteiger partial charge in [-0.15, -0.1) is 0 Å². The van der Waals surface area contributed by atoms with Gasteiger partial charge >= 0.3 is 5.97 Å². The van der Waals surface area contributed by atoms with E-state index in [1.807, 2.05) is 17.0 Å². The SMILES string of the molecule is O=C(O)Cc1cc2c3c(c1)CCN3C(=O)CC2. The van der Waals surface area contributed by atoms with Gasteiger partial charge in [0, 0.05) is 13.0 Å². The van der Waals surface area contributed by atoms with Crippen LogP contribution in [0.1, 0.15) is 23.1 Å². The van der Waals surface area contributed by atoms with E-state index in [1.165, 1.54) is 0 Å². The number of benzene rings is 1. The van der Waals surface area contributed by atoms with Crippen LogP contribution in [-0.2, 0) is 28.9 Å². The summed E-state index contributed by atoms with van der Waals surface area (Å²) < 4.78 is 0. The molecule has 2 aliphatic rings. The highest BCUT2D eigenvalue weighted by atomic mass is 16.4. The van der Waals surface area contributed by atoms with Crippen molar-refractivity contribution in [1.29, 1.82) is 0 Å². The van der Waals surface area contributed by atoms with Crippen LogP contribution in [0.15, 0.2) is 12.1 Å². The van der Waals surface area contributed by atoms with E-state index in [2.05, 4.69) is 0 Å². The molecule has 0 saturated heterocycles. The fraction of sp³-hybridized carbons (Fsp3) is 0.385. The molecule has 1 amide bonds. The van der Waals surface area contributed by atoms with Crippen LogP contribution in [0.3, 0.4) is 0 Å². The third-order valence-corrected chi connectivity index (χ3v) is 3.47. The van der Waals surface area contributed by atoms with Crippen molar-refractivity contribution in [3.8, 4) is 0 Å². The normalized spacial score (nSPS) is 17.2. The van der Waals surface area contributed by atoms with Gasteiger partial charge in [0.1, 0.15) is 0 Å². The summed E-state index contributed by atoms with van der Waals surface area (Å²) in [7, 11) is 0. The number of hydrogen-bond donors (Lipinski definition) is 1. The molecule has 3 rings (SSSR count). The Morgan fingerprint density at radius 1 is 1.24 bits per heavy atom. The second kappa shape index (κ2) is 3.58. The fourth-order valence-electron chi connectivity index (χ4n) is 2.81. The zero-order valence-electron chi connectivity index (χ0n) is 9.40. The van der Waals surface area contributed by atoms with Crippen molar-refractivity contribution in [2.75, 3.05) is 11.4 Å². The van der Waals surface area contributed by atoms with E-state index in [0.717, 1.165) is 41.8 Å². The van der Waals surface area contributed by atoms with E-state index in [0.29, 0.717) is 6.42 Å². The maximum Gasteiger partial charge on any atom is 0.307 e. The van der Waals surface area contributed by atoms with Crippen molar-refractivity contribution in [2.24, 2.45) is 0 Å². The van der Waals surface area contributed by atoms with Crippen molar-refractivity contribution < 1.29 is 14.7 Å². The van der Waals surface area contributed by atoms with E-state index in [1.54, 1.807) is 0 Å². The average Bonchev–Trinajstić information content (AvgIpc) is 2.68. The summed E-state index contributed by atoms with van der Waals surface area (Å²) in [4.78, 5) is 24.3. The van der Waals surface area contributed by atoms with Crippen LogP contribution in [0, 0.1) is 0 Å². The Labute approximate surface area is 98.9 Å². The molecule has 2 heterocycles. The molecule has 88 valence electrons. The monoisotopic (exact) mass is 231 g/mol. The summed E-state index contributed by atoms with van der Waals surface area (Å²) in [5.74, 6) is -0.610. The van der Waals surface area contributed by atoms with Crippen LogP contribution in [-0.4, -0.2) is 23.5 Å². The van der Waals surface area contributed by atoms with Crippen LogP contribution in [0.25, 0.3) is 0 Å². The molecule has 1 aromatic rings. The molecule has 0 bridgehead atoms. The maximum absolute atomic E-state index is 11.7. The topological polar surface area (TPSA) is 57.6 Å². The molecule has 0 atom stereocenters. The lowest BCUT2D eigenvalue weighted by molar-refractivity contribution is -0.136. The van der Waals surface area contributed by atoms with Crippen molar-refractivity contribution in [2.45, 2.75) is 25.7 Å². The van der Waals surface area contributed by atoms with E-state index in [9.17, 15) is 9.59 Å². The molecule has 0 saturated carbocycles. The Hall–Kier alpha value is -1.84. The predicted octanol–water partition coefficient (Wildman–Crippen LogP) is 1.15. The Bertz CT molecular complexity index is 522. The van der Waals surface area contributed by atoms with Crippen molar-refractivity contribution in [1.82, 2.24) is 0 Å². The molecule has 0 aliphatic carbocycles. The number of carbonyl (C=O) groups is 2. The number of aryl methyl sites for hydroxylation is 1. The van der Waals surface area contributed by atoms with Crippen LogP contribution in [0.2, 0.25) is 0 Å². The number of aliphatic carboxylic acids is 1. The third kappa shape index (κ3) is 1.60. The first-order chi connectivity index (χ1) is 8.15. The van der Waals surface area contributed by atoms with E-state index >= 15 is 0 Å². The number of nitrogens with zero attached hydrogens (tertiary/aromatic N) is 1. The lowest BCUT2D eigenvalue weighted by atomic mass is 9.95. The number of amides is 1. The molecule has 0 spiro atoms. The summed E-state index contributed by atoms with van der Waals surface area (Å²) in [5.41, 5.74) is 4.17. The van der Waals surface area contributed by atoms with Gasteiger partial charge in [0.05, 0.1) is 12.1 Å². The van der Waals surface area contributed by atoms with Crippen LogP contribution >= 0.6 is 0 Å². The molecule has 0 radical (unpaired) electrons. The Balaban J connectivity index is 2.07. The van der Waals surface area contributed by atoms with Crippen LogP contribution in [0.4, 0.5) is 5.69 Å². The summed E-state index contributed by atoms with van der Waals surface area (Å²) in [5, 5.41) is 8.82. The summed E-state index contributed by atoms with van der Waals surface area (Å²) >= 11 is 0. The van der Waals surface area contributed by atoms with E-state index in [4.69, 9.17) is 5.11 Å². The maximum atomic E-state index is 11.7. The van der Waals surface area contributed by atoms with Gasteiger partial charge in [0.2, 0.25) is 5.91 Å². The zero-order chi connectivity index (χ0) is 12.0. The Morgan fingerprint density at radius 3 is 2.65 bits per heavy atom. The highest BCUT2D eigenvalue weighted by molar-refractivity contribution is 5.98. The number of rotatable bonds is 2. The molecule has 4 heteroatoms. The number of hydrogen-bond acceptors (Lipinski definition) is 2. The van der Waals surface area contributed by atoms with Crippen LogP contribution in [0.5, 0.6) is 0 Å². The molecule has 0 unspecified atom stereocenters. The smallest absolute Gasteiger partial charge is 0.307 e. The molecule has 17 heavy (non-hydrogen) atoms. The molecule has 4 nitrogen and oxygen atoms in total. The van der Waals surface area contributed by atoms with Gasteiger partial charge in [-0.3, -0.25) is 9.59 Å².